The van der Waals surface area contributed by atoms with Gasteiger partial charge in [-0.1, -0.05) is 12.1 Å². The van der Waals surface area contributed by atoms with Crippen LogP contribution in [-0.4, -0.2) is 47.4 Å². The molecule has 1 saturated heterocycles. The molecule has 1 heterocycles. The minimum absolute atomic E-state index is 0.140. The molecule has 23 heavy (non-hydrogen) atoms. The first kappa shape index (κ1) is 17.0. The number of carboxylic acids is 1. The summed E-state index contributed by atoms with van der Waals surface area (Å²) < 4.78 is 0. The third kappa shape index (κ3) is 4.79. The summed E-state index contributed by atoms with van der Waals surface area (Å²) in [6.45, 7) is 2.10. The Morgan fingerprint density at radius 1 is 1.22 bits per heavy atom. The highest BCUT2D eigenvalue weighted by Crippen LogP contribution is 2.17. The normalized spacial score (nSPS) is 16.0. The molecule has 2 rings (SSSR count). The van der Waals surface area contributed by atoms with Gasteiger partial charge in [-0.2, -0.15) is 0 Å². The number of aliphatic carboxylic acids is 1. The number of amides is 2. The maximum Gasteiger partial charge on any atom is 0.308 e. The molecule has 0 aliphatic carbocycles. The van der Waals surface area contributed by atoms with E-state index in [0.29, 0.717) is 12.2 Å². The van der Waals surface area contributed by atoms with E-state index in [9.17, 15) is 19.5 Å². The second-order valence-corrected chi connectivity index (χ2v) is 5.71. The zero-order valence-electron chi connectivity index (χ0n) is 12.8. The fraction of sp³-hybridized carbons (Fsp3) is 0.438. The first-order chi connectivity index (χ1) is 11.0. The molecule has 0 spiro atoms. The molecule has 1 aromatic rings. The molecule has 7 heteroatoms. The summed E-state index contributed by atoms with van der Waals surface area (Å²) >= 11 is 0. The number of rotatable bonds is 7. The fourth-order valence-electron chi connectivity index (χ4n) is 2.74. The van der Waals surface area contributed by atoms with Gasteiger partial charge in [0.05, 0.1) is 17.2 Å². The highest BCUT2D eigenvalue weighted by Gasteiger charge is 2.26. The Balaban J connectivity index is 1.99. The van der Waals surface area contributed by atoms with Crippen molar-refractivity contribution in [3.8, 4) is 0 Å². The summed E-state index contributed by atoms with van der Waals surface area (Å²) in [5.74, 6) is -2.85. The van der Waals surface area contributed by atoms with Crippen LogP contribution >= 0.6 is 0 Å². The van der Waals surface area contributed by atoms with Gasteiger partial charge in [0.1, 0.15) is 0 Å². The lowest BCUT2D eigenvalue weighted by Gasteiger charge is -2.20. The molecule has 1 unspecified atom stereocenters. The molecule has 7 nitrogen and oxygen atoms in total. The SMILES string of the molecule is NC(=O)c1ccccc1NC(=O)CC(CN1CCCC1)C(=O)O. The standard InChI is InChI=1S/C16H21N3O4/c17-15(21)12-5-1-2-6-13(12)18-14(20)9-11(16(22)23)10-19-7-3-4-8-19/h1-2,5-6,11H,3-4,7-10H2,(H2,17,21)(H,18,20)(H,22,23). The van der Waals surface area contributed by atoms with Gasteiger partial charge < -0.3 is 21.1 Å². The van der Waals surface area contributed by atoms with Gasteiger partial charge in [-0.3, -0.25) is 14.4 Å². The Hall–Kier alpha value is -2.41. The van der Waals surface area contributed by atoms with Crippen LogP contribution in [0.4, 0.5) is 5.69 Å². The first-order valence-electron chi connectivity index (χ1n) is 7.61. The van der Waals surface area contributed by atoms with Crippen LogP contribution in [0.15, 0.2) is 24.3 Å². The summed E-state index contributed by atoms with van der Waals surface area (Å²) in [6.07, 6.45) is 1.98. The van der Waals surface area contributed by atoms with E-state index in [2.05, 4.69) is 10.2 Å². The average molecular weight is 319 g/mol. The number of hydrogen-bond donors (Lipinski definition) is 3. The Morgan fingerprint density at radius 2 is 1.87 bits per heavy atom. The van der Waals surface area contributed by atoms with Crippen LogP contribution in [0.3, 0.4) is 0 Å². The molecule has 1 aliphatic heterocycles. The number of benzene rings is 1. The van der Waals surface area contributed by atoms with Crippen molar-refractivity contribution in [1.82, 2.24) is 4.90 Å². The number of hydrogen-bond acceptors (Lipinski definition) is 4. The van der Waals surface area contributed by atoms with Crippen LogP contribution in [0.2, 0.25) is 0 Å². The summed E-state index contributed by atoms with van der Waals surface area (Å²) in [5.41, 5.74) is 5.76. The van der Waals surface area contributed by atoms with Gasteiger partial charge in [0, 0.05) is 13.0 Å². The maximum atomic E-state index is 12.1. The van der Waals surface area contributed by atoms with Crippen LogP contribution in [0, 0.1) is 5.92 Å². The number of nitrogens with zero attached hydrogens (tertiary/aromatic N) is 1. The molecular weight excluding hydrogens is 298 g/mol. The predicted octanol–water partition coefficient (Wildman–Crippen LogP) is 0.911. The first-order valence-corrected chi connectivity index (χ1v) is 7.61. The Labute approximate surface area is 134 Å². The Bertz CT molecular complexity index is 597. The lowest BCUT2D eigenvalue weighted by Crippen LogP contribution is -2.34. The van der Waals surface area contributed by atoms with E-state index in [1.165, 1.54) is 6.07 Å². The molecule has 0 aromatic heterocycles. The van der Waals surface area contributed by atoms with Crippen molar-refractivity contribution in [2.24, 2.45) is 11.7 Å². The van der Waals surface area contributed by atoms with Crippen LogP contribution in [-0.2, 0) is 9.59 Å². The monoisotopic (exact) mass is 319 g/mol. The van der Waals surface area contributed by atoms with Gasteiger partial charge in [0.15, 0.2) is 0 Å². The number of carbonyl (C=O) groups excluding carboxylic acids is 2. The average Bonchev–Trinajstić information content (AvgIpc) is 2.99. The Kier molecular flexibility index (Phi) is 5.70. The summed E-state index contributed by atoms with van der Waals surface area (Å²) in [7, 11) is 0. The predicted molar refractivity (Wildman–Crippen MR) is 85.0 cm³/mol. The van der Waals surface area contributed by atoms with Gasteiger partial charge >= 0.3 is 5.97 Å². The molecule has 124 valence electrons. The van der Waals surface area contributed by atoms with Crippen molar-refractivity contribution in [3.63, 3.8) is 0 Å². The minimum atomic E-state index is -0.991. The Morgan fingerprint density at radius 3 is 2.48 bits per heavy atom. The van der Waals surface area contributed by atoms with Crippen LogP contribution in [0.1, 0.15) is 29.6 Å². The number of carboxylic acid groups (broad SMARTS) is 1. The third-order valence-electron chi connectivity index (χ3n) is 3.92. The molecule has 0 radical (unpaired) electrons. The summed E-state index contributed by atoms with van der Waals surface area (Å²) in [4.78, 5) is 36.9. The molecule has 2 amide bonds. The molecule has 1 fully saturated rings. The number of primary amides is 1. The minimum Gasteiger partial charge on any atom is -0.481 e. The summed E-state index contributed by atoms with van der Waals surface area (Å²) in [5, 5.41) is 11.9. The molecule has 4 N–H and O–H groups in total. The quantitative estimate of drug-likeness (QED) is 0.691. The van der Waals surface area contributed by atoms with E-state index >= 15 is 0 Å². The van der Waals surface area contributed by atoms with E-state index < -0.39 is 23.7 Å². The highest BCUT2D eigenvalue weighted by atomic mass is 16.4. The highest BCUT2D eigenvalue weighted by molar-refractivity contribution is 6.03. The molecule has 0 bridgehead atoms. The molecule has 0 saturated carbocycles. The zero-order chi connectivity index (χ0) is 16.8. The van der Waals surface area contributed by atoms with Crippen molar-refractivity contribution in [2.75, 3.05) is 25.0 Å². The van der Waals surface area contributed by atoms with E-state index in [-0.39, 0.29) is 12.0 Å². The van der Waals surface area contributed by atoms with E-state index in [1.807, 2.05) is 0 Å². The molecule has 1 aliphatic rings. The number of likely N-dealkylation sites (tertiary alicyclic amines) is 1. The number of carbonyl (C=O) groups is 3. The van der Waals surface area contributed by atoms with E-state index in [0.717, 1.165) is 25.9 Å². The smallest absolute Gasteiger partial charge is 0.308 e. The lowest BCUT2D eigenvalue weighted by atomic mass is 10.0. The van der Waals surface area contributed by atoms with Gasteiger partial charge in [0.25, 0.3) is 5.91 Å². The topological polar surface area (TPSA) is 113 Å². The number of nitrogens with one attached hydrogen (secondary N) is 1. The largest absolute Gasteiger partial charge is 0.481 e. The number of nitrogens with two attached hydrogens (primary N) is 1. The van der Waals surface area contributed by atoms with Crippen molar-refractivity contribution >= 4 is 23.5 Å². The fourth-order valence-corrected chi connectivity index (χ4v) is 2.74. The van der Waals surface area contributed by atoms with E-state index in [4.69, 9.17) is 5.73 Å². The number of para-hydroxylation sites is 1. The molecule has 1 atom stereocenters. The van der Waals surface area contributed by atoms with E-state index in [1.54, 1.807) is 18.2 Å². The summed E-state index contributed by atoms with van der Waals surface area (Å²) in [6, 6.07) is 6.38. The van der Waals surface area contributed by atoms with Gasteiger partial charge in [0.2, 0.25) is 5.91 Å². The van der Waals surface area contributed by atoms with Gasteiger partial charge in [-0.25, -0.2) is 0 Å². The van der Waals surface area contributed by atoms with Crippen molar-refractivity contribution < 1.29 is 19.5 Å². The second kappa shape index (κ2) is 7.73. The van der Waals surface area contributed by atoms with Crippen molar-refractivity contribution in [2.45, 2.75) is 19.3 Å². The van der Waals surface area contributed by atoms with Crippen molar-refractivity contribution in [1.29, 1.82) is 0 Å². The number of anilines is 1. The van der Waals surface area contributed by atoms with Crippen LogP contribution < -0.4 is 11.1 Å². The zero-order valence-corrected chi connectivity index (χ0v) is 12.8. The van der Waals surface area contributed by atoms with Crippen LogP contribution in [0.25, 0.3) is 0 Å². The van der Waals surface area contributed by atoms with Gasteiger partial charge in [-0.05, 0) is 38.1 Å². The maximum absolute atomic E-state index is 12.1. The third-order valence-corrected chi connectivity index (χ3v) is 3.92. The van der Waals surface area contributed by atoms with Crippen LogP contribution in [0.5, 0.6) is 0 Å². The van der Waals surface area contributed by atoms with Crippen molar-refractivity contribution in [3.05, 3.63) is 29.8 Å². The molecule has 1 aromatic carbocycles. The van der Waals surface area contributed by atoms with Gasteiger partial charge in [-0.15, -0.1) is 0 Å². The molecular formula is C16H21N3O4. The lowest BCUT2D eigenvalue weighted by molar-refractivity contribution is -0.144. The second-order valence-electron chi connectivity index (χ2n) is 5.71.